The SMILES string of the molecule is C.C.COP(=O)(OC)OC. The molecule has 4 nitrogen and oxygen atoms in total. The number of hydrogen-bond acceptors (Lipinski definition) is 4. The van der Waals surface area contributed by atoms with Crippen LogP contribution in [-0.4, -0.2) is 21.3 Å². The first-order valence-corrected chi connectivity index (χ1v) is 3.42. The van der Waals surface area contributed by atoms with Crippen molar-refractivity contribution in [1.29, 1.82) is 0 Å². The number of phosphoric acid groups is 1. The summed E-state index contributed by atoms with van der Waals surface area (Å²) in [6.07, 6.45) is 0. The molecule has 0 aromatic heterocycles. The Balaban J connectivity index is -0.000000245. The summed E-state index contributed by atoms with van der Waals surface area (Å²) in [5.74, 6) is 0. The fraction of sp³-hybridized carbons (Fsp3) is 1.00. The summed E-state index contributed by atoms with van der Waals surface area (Å²) in [6, 6.07) is 0. The lowest BCUT2D eigenvalue weighted by Gasteiger charge is -2.08. The molecule has 0 amide bonds. The predicted molar refractivity (Wildman–Crippen MR) is 42.1 cm³/mol. The van der Waals surface area contributed by atoms with Crippen molar-refractivity contribution in [2.45, 2.75) is 14.9 Å². The Bertz CT molecular complexity index is 84.8. The van der Waals surface area contributed by atoms with Crippen molar-refractivity contribution in [1.82, 2.24) is 0 Å². The Kier molecular flexibility index (Phi) is 12.0. The standard InChI is InChI=1S/C3H9O4P.2CH4/c1-5-8(4,6-2)7-3;;/h1-3H3;2*1H4. The van der Waals surface area contributed by atoms with Crippen molar-refractivity contribution in [2.24, 2.45) is 0 Å². The third-order valence-electron chi connectivity index (χ3n) is 0.671. The Labute approximate surface area is 63.1 Å². The van der Waals surface area contributed by atoms with Gasteiger partial charge in [-0.2, -0.15) is 0 Å². The molecule has 66 valence electrons. The van der Waals surface area contributed by atoms with Crippen LogP contribution in [-0.2, 0) is 18.1 Å². The van der Waals surface area contributed by atoms with Gasteiger partial charge in [-0.1, -0.05) is 14.9 Å². The van der Waals surface area contributed by atoms with E-state index in [1.165, 1.54) is 21.3 Å². The minimum Gasteiger partial charge on any atom is -0.290 e. The maximum absolute atomic E-state index is 10.7. The van der Waals surface area contributed by atoms with Gasteiger partial charge in [0.15, 0.2) is 0 Å². The second kappa shape index (κ2) is 7.22. The Morgan fingerprint density at radius 1 is 0.900 bits per heavy atom. The molecule has 0 spiro atoms. The van der Waals surface area contributed by atoms with Gasteiger partial charge in [0.05, 0.1) is 0 Å². The fourth-order valence-corrected chi connectivity index (χ4v) is 0.671. The zero-order valence-corrected chi connectivity index (χ0v) is 5.97. The van der Waals surface area contributed by atoms with E-state index in [-0.39, 0.29) is 14.9 Å². The molecule has 0 bridgehead atoms. The lowest BCUT2D eigenvalue weighted by molar-refractivity contribution is 0.178. The molecule has 0 unspecified atom stereocenters. The number of hydrogen-bond donors (Lipinski definition) is 0. The molecule has 0 N–H and O–H groups in total. The van der Waals surface area contributed by atoms with Crippen molar-refractivity contribution in [3.05, 3.63) is 0 Å². The second-order valence-corrected chi connectivity index (χ2v) is 2.98. The summed E-state index contributed by atoms with van der Waals surface area (Å²) in [6.45, 7) is 0. The van der Waals surface area contributed by atoms with Crippen LogP contribution in [0.2, 0.25) is 0 Å². The maximum Gasteiger partial charge on any atom is 0.473 e. The normalized spacial score (nSPS) is 9.50. The Hall–Kier alpha value is 0.110. The zero-order chi connectivity index (χ0) is 6.62. The molecule has 0 heterocycles. The molecule has 0 saturated heterocycles. The van der Waals surface area contributed by atoms with E-state index in [1.54, 1.807) is 0 Å². The van der Waals surface area contributed by atoms with E-state index < -0.39 is 7.82 Å². The quantitative estimate of drug-likeness (QED) is 0.612. The highest BCUT2D eigenvalue weighted by molar-refractivity contribution is 7.48. The van der Waals surface area contributed by atoms with Gasteiger partial charge in [-0.25, -0.2) is 4.57 Å². The third kappa shape index (κ3) is 4.94. The molecule has 0 atom stereocenters. The minimum atomic E-state index is -3.16. The molecular formula is C5H17O4P. The van der Waals surface area contributed by atoms with E-state index in [0.29, 0.717) is 0 Å². The van der Waals surface area contributed by atoms with E-state index >= 15 is 0 Å². The first kappa shape index (κ1) is 16.6. The Morgan fingerprint density at radius 3 is 1.10 bits per heavy atom. The van der Waals surface area contributed by atoms with Crippen molar-refractivity contribution in [2.75, 3.05) is 21.3 Å². The van der Waals surface area contributed by atoms with Gasteiger partial charge >= 0.3 is 7.82 Å². The molecule has 0 aliphatic rings. The smallest absolute Gasteiger partial charge is 0.290 e. The first-order chi connectivity index (χ1) is 3.68. The summed E-state index contributed by atoms with van der Waals surface area (Å²) in [5.41, 5.74) is 0. The number of rotatable bonds is 3. The van der Waals surface area contributed by atoms with Crippen LogP contribution >= 0.6 is 7.82 Å². The maximum atomic E-state index is 10.7. The molecule has 0 fully saturated rings. The van der Waals surface area contributed by atoms with Gasteiger partial charge in [-0.3, -0.25) is 13.6 Å². The predicted octanol–water partition coefficient (Wildman–Crippen LogP) is 2.31. The van der Waals surface area contributed by atoms with Gasteiger partial charge in [-0.05, 0) is 0 Å². The van der Waals surface area contributed by atoms with E-state index in [9.17, 15) is 4.57 Å². The molecule has 0 aromatic carbocycles. The third-order valence-corrected chi connectivity index (χ3v) is 2.01. The van der Waals surface area contributed by atoms with Crippen molar-refractivity contribution in [3.8, 4) is 0 Å². The molecular weight excluding hydrogens is 155 g/mol. The van der Waals surface area contributed by atoms with Gasteiger partial charge in [0.1, 0.15) is 0 Å². The lowest BCUT2D eigenvalue weighted by Crippen LogP contribution is -1.88. The monoisotopic (exact) mass is 172 g/mol. The highest BCUT2D eigenvalue weighted by Crippen LogP contribution is 2.46. The molecule has 0 saturated carbocycles. The summed E-state index contributed by atoms with van der Waals surface area (Å²) >= 11 is 0. The highest BCUT2D eigenvalue weighted by atomic mass is 31.2. The van der Waals surface area contributed by atoms with Crippen molar-refractivity contribution >= 4 is 7.82 Å². The van der Waals surface area contributed by atoms with Crippen LogP contribution in [0, 0.1) is 0 Å². The molecule has 0 rings (SSSR count). The topological polar surface area (TPSA) is 44.8 Å². The Morgan fingerprint density at radius 2 is 1.10 bits per heavy atom. The average molecular weight is 172 g/mol. The van der Waals surface area contributed by atoms with Gasteiger partial charge in [0.2, 0.25) is 0 Å². The van der Waals surface area contributed by atoms with Crippen LogP contribution in [0.25, 0.3) is 0 Å². The highest BCUT2D eigenvalue weighted by Gasteiger charge is 2.18. The van der Waals surface area contributed by atoms with Crippen LogP contribution in [0.5, 0.6) is 0 Å². The van der Waals surface area contributed by atoms with E-state index in [4.69, 9.17) is 0 Å². The van der Waals surface area contributed by atoms with Gasteiger partial charge in [0.25, 0.3) is 0 Å². The van der Waals surface area contributed by atoms with Crippen molar-refractivity contribution in [3.63, 3.8) is 0 Å². The van der Waals surface area contributed by atoms with Crippen LogP contribution in [0.4, 0.5) is 0 Å². The minimum absolute atomic E-state index is 0. The average Bonchev–Trinajstić information content (AvgIpc) is 1.87. The second-order valence-electron chi connectivity index (χ2n) is 0.995. The molecule has 0 aromatic rings. The molecule has 0 aliphatic carbocycles. The molecule has 0 radical (unpaired) electrons. The van der Waals surface area contributed by atoms with Crippen LogP contribution in [0.3, 0.4) is 0 Å². The van der Waals surface area contributed by atoms with Gasteiger partial charge < -0.3 is 0 Å². The van der Waals surface area contributed by atoms with Crippen LogP contribution in [0.15, 0.2) is 0 Å². The fourth-order valence-electron chi connectivity index (χ4n) is 0.224. The van der Waals surface area contributed by atoms with Crippen LogP contribution < -0.4 is 0 Å². The summed E-state index contributed by atoms with van der Waals surface area (Å²) in [7, 11) is 0.611. The van der Waals surface area contributed by atoms with Crippen molar-refractivity contribution < 1.29 is 18.1 Å². The van der Waals surface area contributed by atoms with Gasteiger partial charge in [-0.15, -0.1) is 0 Å². The van der Waals surface area contributed by atoms with Crippen LogP contribution in [0.1, 0.15) is 14.9 Å². The van der Waals surface area contributed by atoms with E-state index in [0.717, 1.165) is 0 Å². The summed E-state index contributed by atoms with van der Waals surface area (Å²) in [4.78, 5) is 0. The molecule has 10 heavy (non-hydrogen) atoms. The molecule has 0 aliphatic heterocycles. The lowest BCUT2D eigenvalue weighted by atomic mass is 11.8. The van der Waals surface area contributed by atoms with Gasteiger partial charge in [0, 0.05) is 21.3 Å². The summed E-state index contributed by atoms with van der Waals surface area (Å²) < 4.78 is 23.7. The van der Waals surface area contributed by atoms with E-state index in [2.05, 4.69) is 13.6 Å². The molecule has 5 heteroatoms. The summed E-state index contributed by atoms with van der Waals surface area (Å²) in [5, 5.41) is 0. The first-order valence-electron chi connectivity index (χ1n) is 1.96. The number of phosphoric ester groups is 1. The zero-order valence-electron chi connectivity index (χ0n) is 5.08. The largest absolute Gasteiger partial charge is 0.473 e. The van der Waals surface area contributed by atoms with E-state index in [1.807, 2.05) is 0 Å².